The van der Waals surface area contributed by atoms with Crippen molar-refractivity contribution in [3.8, 4) is 0 Å². The highest BCUT2D eigenvalue weighted by Crippen LogP contribution is 2.48. The lowest BCUT2D eigenvalue weighted by atomic mass is 9.94. The molecule has 276 valence electrons. The summed E-state index contributed by atoms with van der Waals surface area (Å²) in [5.41, 5.74) is 0. The smallest absolute Gasteiger partial charge is 0.394 e. The molecule has 12 N–H and O–H groups in total. The fourth-order valence-electron chi connectivity index (χ4n) is 4.36. The largest absolute Gasteiger partial charge is 0.472 e. The van der Waals surface area contributed by atoms with Crippen molar-refractivity contribution >= 4 is 27.5 Å². The van der Waals surface area contributed by atoms with Crippen LogP contribution >= 0.6 is 15.6 Å². The quantitative estimate of drug-likeness (QED) is 0.0583. The summed E-state index contributed by atoms with van der Waals surface area (Å²) in [4.78, 5) is 43.3. The maximum absolute atomic E-state index is 12.7. The minimum Gasteiger partial charge on any atom is -0.394 e. The van der Waals surface area contributed by atoms with E-state index in [0.29, 0.717) is 0 Å². The lowest BCUT2D eigenvalue weighted by Gasteiger charge is -2.48. The molecule has 2 saturated heterocycles. The molecule has 0 aliphatic carbocycles. The number of aliphatic hydroxyl groups excluding tert-OH is 8. The van der Waals surface area contributed by atoms with Crippen LogP contribution in [0.15, 0.2) is 0 Å². The van der Waals surface area contributed by atoms with Crippen molar-refractivity contribution in [1.82, 2.24) is 10.6 Å². The summed E-state index contributed by atoms with van der Waals surface area (Å²) in [5, 5.41) is 84.1. The number of ether oxygens (including phenoxy) is 3. The van der Waals surface area contributed by atoms with Crippen LogP contribution in [0, 0.1) is 0 Å². The van der Waals surface area contributed by atoms with Gasteiger partial charge in [-0.3, -0.25) is 27.7 Å². The number of amides is 2. The van der Waals surface area contributed by atoms with E-state index in [4.69, 9.17) is 28.9 Å². The predicted molar refractivity (Wildman–Crippen MR) is 147 cm³/mol. The lowest BCUT2D eigenvalue weighted by molar-refractivity contribution is -0.326. The van der Waals surface area contributed by atoms with Crippen molar-refractivity contribution < 1.29 is 102 Å². The van der Waals surface area contributed by atoms with Crippen molar-refractivity contribution in [2.45, 2.75) is 87.3 Å². The molecule has 0 radical (unpaired) electrons. The number of rotatable bonds is 18. The summed E-state index contributed by atoms with van der Waals surface area (Å²) < 4.78 is 59.4. The van der Waals surface area contributed by atoms with Gasteiger partial charge in [-0.1, -0.05) is 0 Å². The van der Waals surface area contributed by atoms with Gasteiger partial charge >= 0.3 is 15.6 Å². The number of hydrogen-bond acceptors (Lipinski definition) is 19. The van der Waals surface area contributed by atoms with Crippen LogP contribution in [0.2, 0.25) is 0 Å². The van der Waals surface area contributed by atoms with Gasteiger partial charge in [-0.15, -0.1) is 0 Å². The molecule has 0 bridgehead atoms. The van der Waals surface area contributed by atoms with Gasteiger partial charge in [0.25, 0.3) is 0 Å². The third-order valence-corrected chi connectivity index (χ3v) is 8.45. The highest BCUT2D eigenvalue weighted by molar-refractivity contribution is 7.47. The van der Waals surface area contributed by atoms with Crippen LogP contribution in [0.1, 0.15) is 13.8 Å². The van der Waals surface area contributed by atoms with Gasteiger partial charge < -0.3 is 75.5 Å². The number of hydrogen-bond donors (Lipinski definition) is 12. The molecule has 0 aromatic rings. The molecule has 2 amide bonds. The molecular weight excluding hydrogens is 690 g/mol. The molecular formula is C22H42N2O21P2. The van der Waals surface area contributed by atoms with Crippen LogP contribution in [0.25, 0.3) is 0 Å². The van der Waals surface area contributed by atoms with Crippen LogP contribution in [-0.2, 0) is 51.0 Å². The minimum atomic E-state index is -5.27. The number of nitrogens with one attached hydrogen (secondary N) is 2. The van der Waals surface area contributed by atoms with E-state index in [9.17, 15) is 59.1 Å². The van der Waals surface area contributed by atoms with E-state index in [1.165, 1.54) is 0 Å². The molecule has 2 aliphatic heterocycles. The topological polar surface area (TPSA) is 359 Å². The first kappa shape index (κ1) is 41.9. The highest BCUT2D eigenvalue weighted by atomic mass is 31.2. The monoisotopic (exact) mass is 732 g/mol. The van der Waals surface area contributed by atoms with Crippen molar-refractivity contribution in [2.24, 2.45) is 0 Å². The molecule has 14 atom stereocenters. The first-order valence-corrected chi connectivity index (χ1v) is 16.8. The second-order valence-corrected chi connectivity index (χ2v) is 13.3. The van der Waals surface area contributed by atoms with E-state index in [-0.39, 0.29) is 0 Å². The fourth-order valence-corrected chi connectivity index (χ4v) is 6.14. The second kappa shape index (κ2) is 18.6. The number of phosphoric acid groups is 2. The summed E-state index contributed by atoms with van der Waals surface area (Å²) in [5.74, 6) is -1.47. The fraction of sp³-hybridized carbons (Fsp3) is 0.909. The Morgan fingerprint density at radius 1 is 0.745 bits per heavy atom. The maximum atomic E-state index is 12.7. The van der Waals surface area contributed by atoms with E-state index in [1.807, 2.05) is 0 Å². The van der Waals surface area contributed by atoms with Crippen LogP contribution in [-0.4, -0.2) is 176 Å². The summed E-state index contributed by atoms with van der Waals surface area (Å²) in [6.45, 7) is -3.38. The average Bonchev–Trinajstić information content (AvgIpc) is 2.99. The Morgan fingerprint density at radius 2 is 1.21 bits per heavy atom. The normalized spacial score (nSPS) is 35.2. The van der Waals surface area contributed by atoms with Crippen LogP contribution in [0.4, 0.5) is 0 Å². The van der Waals surface area contributed by atoms with Crippen LogP contribution < -0.4 is 10.6 Å². The van der Waals surface area contributed by atoms with Crippen LogP contribution in [0.3, 0.4) is 0 Å². The third-order valence-electron chi connectivity index (χ3n) is 6.51. The van der Waals surface area contributed by atoms with Gasteiger partial charge in [-0.2, -0.15) is 0 Å². The zero-order valence-electron chi connectivity index (χ0n) is 25.0. The van der Waals surface area contributed by atoms with Crippen molar-refractivity contribution in [1.29, 1.82) is 0 Å². The van der Waals surface area contributed by atoms with Crippen LogP contribution in [0.5, 0.6) is 0 Å². The summed E-state index contributed by atoms with van der Waals surface area (Å²) >= 11 is 0. The molecule has 0 aromatic heterocycles. The van der Waals surface area contributed by atoms with Gasteiger partial charge in [0.1, 0.15) is 60.9 Å². The number of phosphoric ester groups is 2. The Morgan fingerprint density at radius 3 is 1.72 bits per heavy atom. The average molecular weight is 733 g/mol. The lowest BCUT2D eigenvalue weighted by Crippen LogP contribution is -2.69. The van der Waals surface area contributed by atoms with Gasteiger partial charge in [0.2, 0.25) is 11.8 Å². The zero-order valence-corrected chi connectivity index (χ0v) is 26.8. The molecule has 2 unspecified atom stereocenters. The molecule has 47 heavy (non-hydrogen) atoms. The molecule has 0 aromatic carbocycles. The number of carbonyl (C=O) groups is 2. The molecule has 23 nitrogen and oxygen atoms in total. The summed E-state index contributed by atoms with van der Waals surface area (Å²) in [6, 6.07) is -3.13. The van der Waals surface area contributed by atoms with Crippen molar-refractivity contribution in [3.05, 3.63) is 0 Å². The van der Waals surface area contributed by atoms with Gasteiger partial charge in [-0.25, -0.2) is 9.13 Å². The highest BCUT2D eigenvalue weighted by Gasteiger charge is 2.53. The van der Waals surface area contributed by atoms with Crippen molar-refractivity contribution in [3.63, 3.8) is 0 Å². The summed E-state index contributed by atoms with van der Waals surface area (Å²) in [6.07, 6.45) is -17.4. The Bertz CT molecular complexity index is 1100. The van der Waals surface area contributed by atoms with Gasteiger partial charge in [-0.05, 0) is 0 Å². The Balaban J connectivity index is 2.13. The molecule has 2 rings (SSSR count). The van der Waals surface area contributed by atoms with E-state index in [0.717, 1.165) is 13.8 Å². The molecule has 2 aliphatic rings. The maximum Gasteiger partial charge on any atom is 0.472 e. The number of aliphatic hydroxyl groups is 8. The minimum absolute atomic E-state index is 0.674. The Kier molecular flexibility index (Phi) is 16.6. The standard InChI is InChI=1S/C22H42N2O21P2/c1-9(28)23-15-17(32)19(13(4-26)42-21(15)34)44-22-16(24-10(2)29)18(33)20(14(5-27)43-22)45-47(37,38)41-8-12(31)7-40-46(35,36)39-6-11(30)3-25/h11-22,25-27,30-34H,3-8H2,1-2H3,(H,23,28)(H,24,29)(H,35,36)(H,37,38)/t11-,12-,13-,14-,15-,16-,17-,18-,19-,20-,21+,22+/m1/s1. The zero-order chi connectivity index (χ0) is 35.7. The van der Waals surface area contributed by atoms with Gasteiger partial charge in [0.05, 0.1) is 39.6 Å². The second-order valence-electron chi connectivity index (χ2n) is 10.4. The van der Waals surface area contributed by atoms with Gasteiger partial charge in [0.15, 0.2) is 12.6 Å². The van der Waals surface area contributed by atoms with Gasteiger partial charge in [0, 0.05) is 13.8 Å². The first-order valence-electron chi connectivity index (χ1n) is 13.9. The Hall–Kier alpha value is -1.28. The van der Waals surface area contributed by atoms with Crippen molar-refractivity contribution in [2.75, 3.05) is 39.6 Å². The van der Waals surface area contributed by atoms with E-state index >= 15 is 0 Å². The molecule has 0 saturated carbocycles. The molecule has 2 heterocycles. The Labute approximate surface area is 267 Å². The van der Waals surface area contributed by atoms with E-state index in [1.54, 1.807) is 0 Å². The molecule has 2 fully saturated rings. The summed E-state index contributed by atoms with van der Waals surface area (Å²) in [7, 11) is -10.1. The SMILES string of the molecule is CC(=O)N[C@@H]1[C@@H](O)[C@H](O[C@@H]2O[C@H](CO)[C@@H](OP(=O)(O)OC[C@H](O)COP(=O)(O)OC[C@H](O)CO)[C@H](O)[C@H]2NC(C)=O)[C@@H](CO)O[C@@H]1O. The van der Waals surface area contributed by atoms with E-state index < -0.39 is 141 Å². The third kappa shape index (κ3) is 12.8. The van der Waals surface area contributed by atoms with E-state index in [2.05, 4.69) is 24.2 Å². The molecule has 25 heteroatoms. The number of carbonyl (C=O) groups excluding carboxylic acids is 2. The first-order chi connectivity index (χ1) is 21.8. The predicted octanol–water partition coefficient (Wildman–Crippen LogP) is -6.12. The molecule has 0 spiro atoms.